The molecule has 1 heterocycles. The normalized spacial score (nSPS) is 11.2. The number of carbonyl (C=O) groups is 1. The SMILES string of the molecule is CN(CCOC(=O)CI)c1ccc2nc3c4ccccc4c(=O)cc-3oc2c1. The molecule has 4 rings (SSSR count). The first kappa shape index (κ1) is 18.7. The van der Waals surface area contributed by atoms with E-state index in [1.54, 1.807) is 6.07 Å². The van der Waals surface area contributed by atoms with Gasteiger partial charge in [0.2, 0.25) is 0 Å². The molecule has 0 fully saturated rings. The Bertz CT molecular complexity index is 1200. The molecule has 0 bridgehead atoms. The zero-order valence-corrected chi connectivity index (χ0v) is 17.3. The van der Waals surface area contributed by atoms with Crippen LogP contribution in [0.25, 0.3) is 33.3 Å². The van der Waals surface area contributed by atoms with Gasteiger partial charge in [-0.05, 0) is 12.1 Å². The van der Waals surface area contributed by atoms with Gasteiger partial charge in [-0.15, -0.1) is 0 Å². The quantitative estimate of drug-likeness (QED) is 0.140. The van der Waals surface area contributed by atoms with E-state index in [9.17, 15) is 9.59 Å². The number of carbonyl (C=O) groups excluding carboxylic acids is 1. The van der Waals surface area contributed by atoms with E-state index in [1.165, 1.54) is 6.07 Å². The summed E-state index contributed by atoms with van der Waals surface area (Å²) in [4.78, 5) is 30.3. The van der Waals surface area contributed by atoms with Gasteiger partial charge in [-0.2, -0.15) is 0 Å². The summed E-state index contributed by atoms with van der Waals surface area (Å²) in [5.74, 6) is 0.241. The van der Waals surface area contributed by atoms with E-state index in [2.05, 4.69) is 0 Å². The highest BCUT2D eigenvalue weighted by Crippen LogP contribution is 2.31. The van der Waals surface area contributed by atoms with Gasteiger partial charge in [0, 0.05) is 35.6 Å². The Kier molecular flexibility index (Phi) is 5.17. The molecule has 2 aliphatic rings. The number of likely N-dealkylation sites (N-methyl/N-ethyl adjacent to an activating group) is 1. The Hall–Kier alpha value is -2.68. The van der Waals surface area contributed by atoms with Crippen LogP contribution in [0.4, 0.5) is 5.69 Å². The number of hydrogen-bond acceptors (Lipinski definition) is 6. The van der Waals surface area contributed by atoms with Gasteiger partial charge in [-0.25, -0.2) is 4.98 Å². The maximum absolute atomic E-state index is 12.4. The van der Waals surface area contributed by atoms with Gasteiger partial charge in [0.25, 0.3) is 0 Å². The molecule has 0 saturated heterocycles. The van der Waals surface area contributed by atoms with Gasteiger partial charge in [-0.1, -0.05) is 46.9 Å². The predicted molar refractivity (Wildman–Crippen MR) is 118 cm³/mol. The Balaban J connectivity index is 1.71. The van der Waals surface area contributed by atoms with Crippen LogP contribution >= 0.6 is 22.6 Å². The average Bonchev–Trinajstić information content (AvgIpc) is 2.72. The molecule has 0 aromatic heterocycles. The summed E-state index contributed by atoms with van der Waals surface area (Å²) < 4.78 is 11.5. The third kappa shape index (κ3) is 3.54. The van der Waals surface area contributed by atoms with Crippen LogP contribution in [0.3, 0.4) is 0 Å². The first-order valence-corrected chi connectivity index (χ1v) is 10.3. The third-order valence-corrected chi connectivity index (χ3v) is 5.20. The first-order chi connectivity index (χ1) is 13.6. The van der Waals surface area contributed by atoms with E-state index in [-0.39, 0.29) is 11.4 Å². The highest BCUT2D eigenvalue weighted by molar-refractivity contribution is 14.1. The molecule has 0 N–H and O–H groups in total. The monoisotopic (exact) mass is 488 g/mol. The van der Waals surface area contributed by atoms with E-state index >= 15 is 0 Å². The third-order valence-electron chi connectivity index (χ3n) is 4.58. The smallest absolute Gasteiger partial charge is 0.315 e. The van der Waals surface area contributed by atoms with Crippen LogP contribution < -0.4 is 10.3 Å². The molecule has 1 aliphatic heterocycles. The number of fused-ring (bicyclic) bond motifs is 4. The number of benzene rings is 3. The highest BCUT2D eigenvalue weighted by atomic mass is 127. The standard InChI is InChI=1S/C21H17IN2O4/c1-24(8-9-27-20(26)12-22)13-6-7-16-18(10-13)28-19-11-17(25)14-4-2-3-5-15(14)21(19)23-16/h2-7,10-11H,8-9,12H2,1H3. The van der Waals surface area contributed by atoms with Crippen molar-refractivity contribution in [2.24, 2.45) is 0 Å². The molecule has 142 valence electrons. The molecule has 1 aliphatic carbocycles. The average molecular weight is 488 g/mol. The molecule has 6 nitrogen and oxygen atoms in total. The second-order valence-electron chi connectivity index (χ2n) is 6.41. The summed E-state index contributed by atoms with van der Waals surface area (Å²) >= 11 is 1.98. The predicted octanol–water partition coefficient (Wildman–Crippen LogP) is 3.86. The van der Waals surface area contributed by atoms with Gasteiger partial charge in [0.15, 0.2) is 16.8 Å². The minimum Gasteiger partial charge on any atom is -0.463 e. The lowest BCUT2D eigenvalue weighted by Gasteiger charge is -2.19. The largest absolute Gasteiger partial charge is 0.463 e. The molecule has 7 heteroatoms. The molecule has 0 amide bonds. The van der Waals surface area contributed by atoms with Gasteiger partial charge in [-0.3, -0.25) is 9.59 Å². The topological polar surface area (TPSA) is 72.6 Å². The number of ether oxygens (including phenoxy) is 1. The van der Waals surface area contributed by atoms with Gasteiger partial charge in [0.1, 0.15) is 17.8 Å². The second kappa shape index (κ2) is 7.75. The van der Waals surface area contributed by atoms with Crippen molar-refractivity contribution in [2.75, 3.05) is 29.5 Å². The molecule has 0 spiro atoms. The first-order valence-electron chi connectivity index (χ1n) is 8.76. The molecule has 0 atom stereocenters. The van der Waals surface area contributed by atoms with Crippen molar-refractivity contribution in [3.8, 4) is 11.5 Å². The van der Waals surface area contributed by atoms with Crippen LogP contribution in [-0.2, 0) is 9.53 Å². The molecular weight excluding hydrogens is 471 g/mol. The maximum atomic E-state index is 12.4. The molecule has 0 saturated carbocycles. The molecule has 2 aromatic carbocycles. The Morgan fingerprint density at radius 2 is 1.96 bits per heavy atom. The van der Waals surface area contributed by atoms with E-state index < -0.39 is 0 Å². The van der Waals surface area contributed by atoms with Gasteiger partial charge >= 0.3 is 5.97 Å². The van der Waals surface area contributed by atoms with E-state index in [0.717, 1.165) is 11.1 Å². The van der Waals surface area contributed by atoms with Crippen LogP contribution in [0.2, 0.25) is 0 Å². The van der Waals surface area contributed by atoms with E-state index in [0.29, 0.717) is 45.5 Å². The van der Waals surface area contributed by atoms with Crippen molar-refractivity contribution in [1.29, 1.82) is 0 Å². The highest BCUT2D eigenvalue weighted by Gasteiger charge is 2.16. The molecule has 28 heavy (non-hydrogen) atoms. The van der Waals surface area contributed by atoms with Crippen molar-refractivity contribution in [3.63, 3.8) is 0 Å². The molecular formula is C21H17IN2O4. The fraction of sp³-hybridized carbons (Fsp3) is 0.190. The molecule has 0 radical (unpaired) electrons. The van der Waals surface area contributed by atoms with E-state index in [1.807, 2.05) is 70.9 Å². The number of anilines is 1. The maximum Gasteiger partial charge on any atom is 0.315 e. The summed E-state index contributed by atoms with van der Waals surface area (Å²) in [6, 6.07) is 14.6. The minimum atomic E-state index is -0.223. The lowest BCUT2D eigenvalue weighted by atomic mass is 10.0. The van der Waals surface area contributed by atoms with Gasteiger partial charge in [0.05, 0.1) is 11.0 Å². The zero-order valence-electron chi connectivity index (χ0n) is 15.1. The summed E-state index contributed by atoms with van der Waals surface area (Å²) in [6.07, 6.45) is 0. The Morgan fingerprint density at radius 3 is 2.75 bits per heavy atom. The number of esters is 1. The van der Waals surface area contributed by atoms with Crippen molar-refractivity contribution in [1.82, 2.24) is 4.98 Å². The molecule has 2 aromatic rings. The van der Waals surface area contributed by atoms with Crippen LogP contribution in [-0.4, -0.2) is 35.6 Å². The zero-order chi connectivity index (χ0) is 19.7. The van der Waals surface area contributed by atoms with Crippen LogP contribution in [0.15, 0.2) is 57.7 Å². The lowest BCUT2D eigenvalue weighted by molar-refractivity contribution is -0.139. The number of hydrogen-bond donors (Lipinski definition) is 0. The van der Waals surface area contributed by atoms with E-state index in [4.69, 9.17) is 14.1 Å². The van der Waals surface area contributed by atoms with Crippen LogP contribution in [0.5, 0.6) is 0 Å². The number of aromatic nitrogens is 1. The van der Waals surface area contributed by atoms with Gasteiger partial charge < -0.3 is 14.1 Å². The van der Waals surface area contributed by atoms with Crippen molar-refractivity contribution >= 4 is 56.1 Å². The summed E-state index contributed by atoms with van der Waals surface area (Å²) in [5.41, 5.74) is 2.81. The number of halogens is 1. The fourth-order valence-corrected chi connectivity index (χ4v) is 3.33. The number of alkyl halides is 1. The van der Waals surface area contributed by atoms with Crippen LogP contribution in [0, 0.1) is 0 Å². The summed E-state index contributed by atoms with van der Waals surface area (Å²) in [7, 11) is 1.91. The minimum absolute atomic E-state index is 0.0849. The number of rotatable bonds is 5. The van der Waals surface area contributed by atoms with Crippen molar-refractivity contribution in [3.05, 3.63) is 58.8 Å². The van der Waals surface area contributed by atoms with Crippen LogP contribution in [0.1, 0.15) is 0 Å². The fourth-order valence-electron chi connectivity index (χ4n) is 3.11. The Morgan fingerprint density at radius 1 is 1.18 bits per heavy atom. The summed E-state index contributed by atoms with van der Waals surface area (Å²) in [5, 5.41) is 1.42. The van der Waals surface area contributed by atoms with Crippen molar-refractivity contribution < 1.29 is 13.9 Å². The lowest BCUT2D eigenvalue weighted by Crippen LogP contribution is -2.24. The Labute approximate surface area is 174 Å². The molecule has 0 unspecified atom stereocenters. The second-order valence-corrected chi connectivity index (χ2v) is 7.17. The number of nitrogens with zero attached hydrogens (tertiary/aromatic N) is 2. The van der Waals surface area contributed by atoms with Crippen molar-refractivity contribution in [2.45, 2.75) is 0 Å². The summed E-state index contributed by atoms with van der Waals surface area (Å²) in [6.45, 7) is 0.874.